The maximum atomic E-state index is 13.4. The van der Waals surface area contributed by atoms with Crippen molar-refractivity contribution in [3.05, 3.63) is 52.5 Å². The normalized spacial score (nSPS) is 11.5. The van der Waals surface area contributed by atoms with Crippen LogP contribution < -0.4 is 10.2 Å². The average molecular weight is 410 g/mol. The summed E-state index contributed by atoms with van der Waals surface area (Å²) in [7, 11) is 1.74. The van der Waals surface area contributed by atoms with E-state index in [1.807, 2.05) is 71.0 Å². The van der Waals surface area contributed by atoms with Crippen LogP contribution in [0.4, 0.5) is 11.4 Å². The lowest BCUT2D eigenvalue weighted by atomic mass is 9.92. The smallest absolute Gasteiger partial charge is 0.270 e. The van der Waals surface area contributed by atoms with E-state index in [1.165, 1.54) is 11.3 Å². The first-order chi connectivity index (χ1) is 13.6. The van der Waals surface area contributed by atoms with Crippen LogP contribution in [0.3, 0.4) is 0 Å². The first kappa shape index (κ1) is 21.0. The van der Waals surface area contributed by atoms with Gasteiger partial charge >= 0.3 is 0 Å². The van der Waals surface area contributed by atoms with Gasteiger partial charge in [0.05, 0.1) is 5.69 Å². The van der Waals surface area contributed by atoms with Gasteiger partial charge < -0.3 is 10.2 Å². The number of hydrogen-bond donors (Lipinski definition) is 1. The second-order valence-electron chi connectivity index (χ2n) is 8.55. The molecule has 6 heteroatoms. The molecule has 0 atom stereocenters. The molecule has 0 radical (unpaired) electrons. The molecule has 2 heterocycles. The largest absolute Gasteiger partial charge is 0.324 e. The van der Waals surface area contributed by atoms with Crippen molar-refractivity contribution >= 4 is 44.7 Å². The number of benzene rings is 1. The third kappa shape index (κ3) is 4.65. The summed E-state index contributed by atoms with van der Waals surface area (Å²) in [5, 5.41) is 3.86. The Balaban J connectivity index is 2.09. The molecule has 2 aromatic heterocycles. The number of para-hydroxylation sites is 1. The number of amides is 2. The first-order valence-corrected chi connectivity index (χ1v) is 10.4. The van der Waals surface area contributed by atoms with Crippen molar-refractivity contribution in [3.8, 4) is 0 Å². The summed E-state index contributed by atoms with van der Waals surface area (Å²) in [5.41, 5.74) is 3.10. The fourth-order valence-corrected chi connectivity index (χ4v) is 4.53. The lowest BCUT2D eigenvalue weighted by molar-refractivity contribution is -0.117. The summed E-state index contributed by atoms with van der Waals surface area (Å²) in [5.74, 6) is -0.268. The number of anilines is 2. The summed E-state index contributed by atoms with van der Waals surface area (Å²) in [6, 6.07) is 11.4. The lowest BCUT2D eigenvalue weighted by Gasteiger charge is -2.19. The summed E-state index contributed by atoms with van der Waals surface area (Å²) < 4.78 is 0. The van der Waals surface area contributed by atoms with E-state index in [1.54, 1.807) is 11.9 Å². The highest BCUT2D eigenvalue weighted by Crippen LogP contribution is 2.38. The molecule has 0 spiro atoms. The van der Waals surface area contributed by atoms with Crippen molar-refractivity contribution in [2.75, 3.05) is 17.3 Å². The van der Waals surface area contributed by atoms with Crippen molar-refractivity contribution in [2.45, 2.75) is 41.0 Å². The minimum Gasteiger partial charge on any atom is -0.324 e. The molecule has 1 aromatic carbocycles. The third-order valence-electron chi connectivity index (χ3n) is 4.58. The van der Waals surface area contributed by atoms with Gasteiger partial charge in [0.25, 0.3) is 5.91 Å². The monoisotopic (exact) mass is 409 g/mol. The van der Waals surface area contributed by atoms with Crippen molar-refractivity contribution in [1.29, 1.82) is 0 Å². The molecule has 3 rings (SSSR count). The summed E-state index contributed by atoms with van der Waals surface area (Å²) in [4.78, 5) is 33.5. The van der Waals surface area contributed by atoms with Gasteiger partial charge in [-0.15, -0.1) is 11.3 Å². The van der Waals surface area contributed by atoms with E-state index in [0.29, 0.717) is 17.0 Å². The number of hydrogen-bond acceptors (Lipinski definition) is 4. The van der Waals surface area contributed by atoms with E-state index in [2.05, 4.69) is 10.3 Å². The number of nitrogens with zero attached hydrogens (tertiary/aromatic N) is 2. The molecule has 0 aliphatic carbocycles. The Bertz CT molecular complexity index is 1070. The van der Waals surface area contributed by atoms with E-state index < -0.39 is 0 Å². The molecule has 1 N–H and O–H groups in total. The molecule has 0 saturated heterocycles. The van der Waals surface area contributed by atoms with Gasteiger partial charge in [-0.2, -0.15) is 0 Å². The second kappa shape index (κ2) is 7.95. The zero-order valence-corrected chi connectivity index (χ0v) is 18.6. The van der Waals surface area contributed by atoms with Crippen LogP contribution in [0.1, 0.15) is 48.1 Å². The van der Waals surface area contributed by atoms with Crippen LogP contribution in [0, 0.1) is 19.3 Å². The number of fused-ring (bicyclic) bond motifs is 1. The van der Waals surface area contributed by atoms with Crippen molar-refractivity contribution in [2.24, 2.45) is 5.41 Å². The average Bonchev–Trinajstić information content (AvgIpc) is 2.97. The molecule has 0 unspecified atom stereocenters. The maximum Gasteiger partial charge on any atom is 0.270 e. The van der Waals surface area contributed by atoms with E-state index in [0.717, 1.165) is 27.2 Å². The van der Waals surface area contributed by atoms with Gasteiger partial charge in [-0.05, 0) is 43.0 Å². The zero-order valence-electron chi connectivity index (χ0n) is 17.8. The first-order valence-electron chi connectivity index (χ1n) is 9.60. The quantitative estimate of drug-likeness (QED) is 0.613. The third-order valence-corrected chi connectivity index (χ3v) is 5.66. The van der Waals surface area contributed by atoms with E-state index in [-0.39, 0.29) is 17.2 Å². The Kier molecular flexibility index (Phi) is 5.75. The number of carbonyl (C=O) groups excluding carboxylic acids is 2. The number of thiophene rings is 1. The van der Waals surface area contributed by atoms with Crippen LogP contribution in [-0.4, -0.2) is 23.8 Å². The summed E-state index contributed by atoms with van der Waals surface area (Å²) in [6.45, 7) is 9.97. The molecular weight excluding hydrogens is 382 g/mol. The molecule has 0 fully saturated rings. The molecule has 0 aliphatic rings. The van der Waals surface area contributed by atoms with Crippen LogP contribution in [0.2, 0.25) is 0 Å². The molecular formula is C23H27N3O2S. The van der Waals surface area contributed by atoms with Gasteiger partial charge in [-0.3, -0.25) is 9.59 Å². The highest BCUT2D eigenvalue weighted by molar-refractivity contribution is 7.21. The van der Waals surface area contributed by atoms with Crippen LogP contribution in [0.25, 0.3) is 10.2 Å². The lowest BCUT2D eigenvalue weighted by Crippen LogP contribution is -2.27. The SMILES string of the molecule is Cc1cc(C)c2c(NC(=O)CC(C)(C)C)c(C(=O)N(C)c3ccccc3)sc2n1. The molecule has 0 bridgehead atoms. The highest BCUT2D eigenvalue weighted by Gasteiger charge is 2.26. The van der Waals surface area contributed by atoms with Crippen LogP contribution in [-0.2, 0) is 4.79 Å². The second-order valence-corrected chi connectivity index (χ2v) is 9.55. The van der Waals surface area contributed by atoms with Crippen molar-refractivity contribution < 1.29 is 9.59 Å². The number of aryl methyl sites for hydroxylation is 2. The fraction of sp³-hybridized carbons (Fsp3) is 0.348. The predicted octanol–water partition coefficient (Wildman–Crippen LogP) is 5.56. The molecule has 2 amide bonds. The van der Waals surface area contributed by atoms with Gasteiger partial charge in [0.15, 0.2) is 0 Å². The zero-order chi connectivity index (χ0) is 21.3. The highest BCUT2D eigenvalue weighted by atomic mass is 32.1. The predicted molar refractivity (Wildman–Crippen MR) is 121 cm³/mol. The Hall–Kier alpha value is -2.73. The van der Waals surface area contributed by atoms with Gasteiger partial charge in [-0.25, -0.2) is 4.98 Å². The van der Waals surface area contributed by atoms with E-state index >= 15 is 0 Å². The Labute approximate surface area is 175 Å². The number of rotatable bonds is 4. The molecule has 0 aliphatic heterocycles. The number of pyridine rings is 1. The van der Waals surface area contributed by atoms with E-state index in [9.17, 15) is 9.59 Å². The number of aromatic nitrogens is 1. The summed E-state index contributed by atoms with van der Waals surface area (Å²) in [6.07, 6.45) is 0.366. The standard InChI is InChI=1S/C23H27N3O2S/c1-14-12-15(2)24-21-18(14)19(25-17(27)13-23(3,4)5)20(29-21)22(28)26(6)16-10-8-7-9-11-16/h7-12H,13H2,1-6H3,(H,25,27). The summed E-state index contributed by atoms with van der Waals surface area (Å²) >= 11 is 1.33. The van der Waals surface area contributed by atoms with Gasteiger partial charge in [0.1, 0.15) is 9.71 Å². The van der Waals surface area contributed by atoms with Gasteiger partial charge in [0, 0.05) is 30.2 Å². The maximum absolute atomic E-state index is 13.4. The topological polar surface area (TPSA) is 62.3 Å². The molecule has 152 valence electrons. The Morgan fingerprint density at radius 1 is 1.14 bits per heavy atom. The number of carbonyl (C=O) groups is 2. The van der Waals surface area contributed by atoms with Crippen molar-refractivity contribution in [1.82, 2.24) is 4.98 Å². The van der Waals surface area contributed by atoms with E-state index in [4.69, 9.17) is 0 Å². The van der Waals surface area contributed by atoms with Crippen LogP contribution >= 0.6 is 11.3 Å². The van der Waals surface area contributed by atoms with Crippen LogP contribution in [0.5, 0.6) is 0 Å². The molecule has 5 nitrogen and oxygen atoms in total. The van der Waals surface area contributed by atoms with Crippen molar-refractivity contribution in [3.63, 3.8) is 0 Å². The Morgan fingerprint density at radius 2 is 1.79 bits per heavy atom. The molecule has 0 saturated carbocycles. The molecule has 29 heavy (non-hydrogen) atoms. The Morgan fingerprint density at radius 3 is 2.41 bits per heavy atom. The van der Waals surface area contributed by atoms with Gasteiger partial charge in [0.2, 0.25) is 5.91 Å². The number of nitrogens with one attached hydrogen (secondary N) is 1. The minimum absolute atomic E-state index is 0.103. The molecule has 3 aromatic rings. The van der Waals surface area contributed by atoms with Gasteiger partial charge in [-0.1, -0.05) is 39.0 Å². The fourth-order valence-electron chi connectivity index (χ4n) is 3.30. The van der Waals surface area contributed by atoms with Crippen LogP contribution in [0.15, 0.2) is 36.4 Å². The minimum atomic E-state index is -0.165.